The maximum absolute atomic E-state index is 12.1. The van der Waals surface area contributed by atoms with Gasteiger partial charge in [0, 0.05) is 35.1 Å². The van der Waals surface area contributed by atoms with Gasteiger partial charge < -0.3 is 14.8 Å². The second-order valence-electron chi connectivity index (χ2n) is 6.56. The Morgan fingerprint density at radius 1 is 0.893 bits per heavy atom. The van der Waals surface area contributed by atoms with E-state index in [1.807, 2.05) is 0 Å². The van der Waals surface area contributed by atoms with Crippen molar-refractivity contribution in [2.75, 3.05) is 18.0 Å². The molecule has 0 saturated carbocycles. The summed E-state index contributed by atoms with van der Waals surface area (Å²) in [6, 6.07) is 21.7. The Kier molecular flexibility index (Phi) is 5.48. The number of anilines is 2. The van der Waals surface area contributed by atoms with Crippen molar-refractivity contribution in [1.29, 1.82) is 0 Å². The Labute approximate surface area is 168 Å². The fraction of sp³-hybridized carbons (Fsp3) is 0.182. The summed E-state index contributed by atoms with van der Waals surface area (Å²) >= 11 is 1.79. The molecule has 0 aliphatic carbocycles. The van der Waals surface area contributed by atoms with E-state index in [0.29, 0.717) is 6.54 Å². The zero-order chi connectivity index (χ0) is 19.3. The van der Waals surface area contributed by atoms with Crippen LogP contribution in [-0.4, -0.2) is 23.6 Å². The molecule has 142 valence electrons. The Balaban J connectivity index is 1.37. The molecule has 0 radical (unpaired) electrons. The van der Waals surface area contributed by atoms with Crippen molar-refractivity contribution >= 4 is 29.0 Å². The minimum atomic E-state index is -0.170. The molecule has 1 aliphatic heterocycles. The molecule has 0 saturated heterocycles. The normalized spacial score (nSPS) is 12.2. The monoisotopic (exact) mass is 391 g/mol. The lowest BCUT2D eigenvalue weighted by molar-refractivity contribution is -0.121. The van der Waals surface area contributed by atoms with Crippen molar-refractivity contribution < 1.29 is 4.79 Å². The van der Waals surface area contributed by atoms with Crippen molar-refractivity contribution in [3.05, 3.63) is 83.3 Å². The number of aromatic nitrogens is 1. The van der Waals surface area contributed by atoms with Crippen LogP contribution in [0, 0.1) is 0 Å². The molecule has 3 aromatic rings. The molecule has 2 heterocycles. The maximum atomic E-state index is 12.1. The number of carbonyl (C=O) groups excluding carboxylic acids is 1. The smallest absolute Gasteiger partial charge is 0.250 e. The number of hydrogen-bond donors (Lipinski definition) is 1. The van der Waals surface area contributed by atoms with Gasteiger partial charge in [-0.2, -0.15) is 0 Å². The highest BCUT2D eigenvalue weighted by molar-refractivity contribution is 7.99. The molecule has 0 spiro atoms. The minimum absolute atomic E-state index is 0.0473. The Morgan fingerprint density at radius 2 is 1.54 bits per heavy atom. The number of rotatable bonds is 6. The van der Waals surface area contributed by atoms with Crippen LogP contribution in [-0.2, 0) is 11.3 Å². The number of hydrogen-bond acceptors (Lipinski definition) is 4. The van der Waals surface area contributed by atoms with E-state index in [1.54, 1.807) is 30.1 Å². The zero-order valence-corrected chi connectivity index (χ0v) is 16.2. The first kappa shape index (κ1) is 18.4. The summed E-state index contributed by atoms with van der Waals surface area (Å²) in [5.41, 5.74) is 2.23. The van der Waals surface area contributed by atoms with Gasteiger partial charge in [0.15, 0.2) is 0 Å². The molecule has 1 N–H and O–H groups in total. The molecule has 4 rings (SSSR count). The van der Waals surface area contributed by atoms with Crippen LogP contribution >= 0.6 is 11.8 Å². The lowest BCUT2D eigenvalue weighted by atomic mass is 10.2. The van der Waals surface area contributed by atoms with Gasteiger partial charge in [-0.15, -0.1) is 0 Å². The minimum Gasteiger partial charge on any atom is -0.354 e. The summed E-state index contributed by atoms with van der Waals surface area (Å²) in [6.45, 7) is 1.42. The van der Waals surface area contributed by atoms with Crippen LogP contribution in [0.15, 0.2) is 87.5 Å². The number of amides is 1. The van der Waals surface area contributed by atoms with Crippen LogP contribution in [0.25, 0.3) is 0 Å². The summed E-state index contributed by atoms with van der Waals surface area (Å²) in [5, 5.41) is 2.92. The molecule has 1 aliphatic rings. The highest BCUT2D eigenvalue weighted by atomic mass is 32.2. The second-order valence-corrected chi connectivity index (χ2v) is 7.64. The van der Waals surface area contributed by atoms with E-state index < -0.39 is 0 Å². The Morgan fingerprint density at radius 3 is 2.21 bits per heavy atom. The van der Waals surface area contributed by atoms with E-state index in [4.69, 9.17) is 0 Å². The van der Waals surface area contributed by atoms with Crippen LogP contribution in [0.3, 0.4) is 0 Å². The van der Waals surface area contributed by atoms with Crippen LogP contribution in [0.4, 0.5) is 11.4 Å². The molecular weight excluding hydrogens is 370 g/mol. The van der Waals surface area contributed by atoms with E-state index in [1.165, 1.54) is 31.8 Å². The number of carbonyl (C=O) groups is 1. The fourth-order valence-corrected chi connectivity index (χ4v) is 4.38. The highest BCUT2D eigenvalue weighted by Crippen LogP contribution is 2.47. The molecule has 1 aromatic heterocycles. The molecule has 5 nitrogen and oxygen atoms in total. The van der Waals surface area contributed by atoms with E-state index in [2.05, 4.69) is 58.7 Å². The van der Waals surface area contributed by atoms with Gasteiger partial charge in [-0.05, 0) is 36.8 Å². The van der Waals surface area contributed by atoms with Gasteiger partial charge in [-0.1, -0.05) is 42.1 Å². The first-order valence-electron chi connectivity index (χ1n) is 9.28. The standard InChI is InChI=1S/C22H21N3O2S/c26-21(16-24-14-6-5-12-22(24)27)23-13-7-15-25-17-8-1-3-10-19(17)28-20-11-4-2-9-18(20)25/h1-6,8-12,14H,7,13,15-16H2,(H,23,26). The average molecular weight is 391 g/mol. The van der Waals surface area contributed by atoms with Gasteiger partial charge in [0.2, 0.25) is 5.91 Å². The maximum Gasteiger partial charge on any atom is 0.250 e. The molecule has 2 aromatic carbocycles. The van der Waals surface area contributed by atoms with Gasteiger partial charge in [0.05, 0.1) is 11.4 Å². The molecule has 28 heavy (non-hydrogen) atoms. The third-order valence-corrected chi connectivity index (χ3v) is 5.76. The number of fused-ring (bicyclic) bond motifs is 2. The topological polar surface area (TPSA) is 54.3 Å². The average Bonchev–Trinajstić information content (AvgIpc) is 2.72. The summed E-state index contributed by atoms with van der Waals surface area (Å²) in [7, 11) is 0. The predicted octanol–water partition coefficient (Wildman–Crippen LogP) is 3.66. The molecule has 0 bridgehead atoms. The molecule has 1 amide bonds. The first-order valence-corrected chi connectivity index (χ1v) is 10.1. The van der Waals surface area contributed by atoms with Crippen LogP contribution < -0.4 is 15.8 Å². The summed E-state index contributed by atoms with van der Waals surface area (Å²) < 4.78 is 1.41. The Bertz CT molecular complexity index is 1000. The number of nitrogens with one attached hydrogen (secondary N) is 1. The summed E-state index contributed by atoms with van der Waals surface area (Å²) in [6.07, 6.45) is 2.43. The fourth-order valence-electron chi connectivity index (χ4n) is 3.29. The number of pyridine rings is 1. The summed E-state index contributed by atoms with van der Waals surface area (Å²) in [4.78, 5) is 28.6. The quantitative estimate of drug-likeness (QED) is 0.652. The zero-order valence-electron chi connectivity index (χ0n) is 15.4. The number of nitrogens with zero attached hydrogens (tertiary/aromatic N) is 2. The lowest BCUT2D eigenvalue weighted by Crippen LogP contribution is -2.33. The molecular formula is C22H21N3O2S. The van der Waals surface area contributed by atoms with E-state index in [9.17, 15) is 9.59 Å². The Hall–Kier alpha value is -2.99. The van der Waals surface area contributed by atoms with E-state index in [0.717, 1.165) is 13.0 Å². The second kappa shape index (κ2) is 8.35. The van der Waals surface area contributed by atoms with Gasteiger partial charge >= 0.3 is 0 Å². The van der Waals surface area contributed by atoms with Crippen molar-refractivity contribution in [2.24, 2.45) is 0 Å². The van der Waals surface area contributed by atoms with Crippen LogP contribution in [0.2, 0.25) is 0 Å². The largest absolute Gasteiger partial charge is 0.354 e. The lowest BCUT2D eigenvalue weighted by Gasteiger charge is -2.32. The van der Waals surface area contributed by atoms with Gasteiger partial charge in [0.25, 0.3) is 5.56 Å². The van der Waals surface area contributed by atoms with Gasteiger partial charge in [0.1, 0.15) is 6.54 Å². The predicted molar refractivity (Wildman–Crippen MR) is 112 cm³/mol. The molecule has 0 fully saturated rings. The highest BCUT2D eigenvalue weighted by Gasteiger charge is 2.22. The van der Waals surface area contributed by atoms with Crippen molar-refractivity contribution in [2.45, 2.75) is 22.8 Å². The number of benzene rings is 2. The summed E-state index contributed by atoms with van der Waals surface area (Å²) in [5.74, 6) is -0.150. The van der Waals surface area contributed by atoms with Crippen molar-refractivity contribution in [3.63, 3.8) is 0 Å². The molecule has 6 heteroatoms. The SMILES string of the molecule is O=C(Cn1ccccc1=O)NCCCN1c2ccccc2Sc2ccccc21. The number of para-hydroxylation sites is 2. The third kappa shape index (κ3) is 3.97. The van der Waals surface area contributed by atoms with Crippen molar-refractivity contribution in [3.8, 4) is 0 Å². The molecule has 0 atom stereocenters. The van der Waals surface area contributed by atoms with Gasteiger partial charge in [-0.25, -0.2) is 0 Å². The molecule has 0 unspecified atom stereocenters. The van der Waals surface area contributed by atoms with Crippen LogP contribution in [0.5, 0.6) is 0 Å². The first-order chi connectivity index (χ1) is 13.7. The van der Waals surface area contributed by atoms with E-state index >= 15 is 0 Å². The van der Waals surface area contributed by atoms with Crippen LogP contribution in [0.1, 0.15) is 6.42 Å². The van der Waals surface area contributed by atoms with E-state index in [-0.39, 0.29) is 18.0 Å². The third-order valence-electron chi connectivity index (χ3n) is 4.63. The van der Waals surface area contributed by atoms with Crippen molar-refractivity contribution in [1.82, 2.24) is 9.88 Å². The van der Waals surface area contributed by atoms with Gasteiger partial charge in [-0.3, -0.25) is 9.59 Å².